The van der Waals surface area contributed by atoms with E-state index in [1.807, 2.05) is 86.6 Å². The molecule has 1 aromatic heterocycles. The van der Waals surface area contributed by atoms with Crippen LogP contribution >= 0.6 is 0 Å². The summed E-state index contributed by atoms with van der Waals surface area (Å²) in [4.78, 5) is 183. The Morgan fingerprint density at radius 1 is 0.528 bits per heavy atom. The Morgan fingerprint density at radius 3 is 1.63 bits per heavy atom. The van der Waals surface area contributed by atoms with Gasteiger partial charge in [0.2, 0.25) is 65.0 Å². The zero-order valence-electron chi connectivity index (χ0n) is 59.8. The highest BCUT2D eigenvalue weighted by molar-refractivity contribution is 6.01. The maximum absolute atomic E-state index is 14.7. The highest BCUT2D eigenvalue weighted by Gasteiger charge is 2.42. The monoisotopic (exact) mass is 1460 g/mol. The summed E-state index contributed by atoms with van der Waals surface area (Å²) in [6.07, 6.45) is -2.60. The van der Waals surface area contributed by atoms with Gasteiger partial charge in [-0.1, -0.05) is 134 Å². The number of nitrogens with zero attached hydrogens (tertiary/aromatic N) is 1. The zero-order chi connectivity index (χ0) is 78.0. The number of nitrogens with two attached hydrogens (primary N) is 1. The first kappa shape index (κ1) is 83.2. The van der Waals surface area contributed by atoms with Crippen LogP contribution in [-0.2, 0) is 94.4 Å². The van der Waals surface area contributed by atoms with E-state index in [0.717, 1.165) is 53.6 Å². The van der Waals surface area contributed by atoms with Crippen LogP contribution < -0.4 is 58.9 Å². The molecule has 31 heteroatoms. The molecule has 6 rings (SSSR count). The Kier molecular flexibility index (Phi) is 30.8. The fourth-order valence-corrected chi connectivity index (χ4v) is 11.4. The van der Waals surface area contributed by atoms with E-state index in [9.17, 15) is 87.9 Å². The number of aromatic amines is 1. The summed E-state index contributed by atoms with van der Waals surface area (Å²) in [5.74, 6) is -14.7. The summed E-state index contributed by atoms with van der Waals surface area (Å²) in [5.41, 5.74) is 10.00. The smallest absolute Gasteiger partial charge is 0.305 e. The summed E-state index contributed by atoms with van der Waals surface area (Å²) in [5, 5.41) is 75.9. The van der Waals surface area contributed by atoms with Crippen LogP contribution in [0.4, 0.5) is 0 Å². The lowest BCUT2D eigenvalue weighted by molar-refractivity contribution is -0.142. The van der Waals surface area contributed by atoms with Crippen LogP contribution in [0.1, 0.15) is 101 Å². The van der Waals surface area contributed by atoms with Gasteiger partial charge in [-0.2, -0.15) is 0 Å². The summed E-state index contributed by atoms with van der Waals surface area (Å²) in [6, 6.07) is 25.3. The summed E-state index contributed by atoms with van der Waals surface area (Å²) >= 11 is 0. The van der Waals surface area contributed by atoms with Crippen molar-refractivity contribution in [2.45, 2.75) is 172 Å². The number of imidazole rings is 1. The molecule has 0 saturated heterocycles. The first-order chi connectivity index (χ1) is 50.2. The molecule has 566 valence electrons. The van der Waals surface area contributed by atoms with E-state index in [-0.39, 0.29) is 32.1 Å². The van der Waals surface area contributed by atoms with Crippen molar-refractivity contribution in [3.8, 4) is 22.3 Å². The Labute approximate surface area is 611 Å². The van der Waals surface area contributed by atoms with Crippen molar-refractivity contribution in [3.63, 3.8) is 0 Å². The third-order valence-corrected chi connectivity index (χ3v) is 17.4. The Bertz CT molecular complexity index is 4080. The number of carbonyl (C=O) groups is 13. The van der Waals surface area contributed by atoms with E-state index in [0.29, 0.717) is 22.4 Å². The molecule has 0 aliphatic heterocycles. The minimum Gasteiger partial charge on any atom is -0.481 e. The summed E-state index contributed by atoms with van der Waals surface area (Å²) < 4.78 is 0. The highest BCUT2D eigenvalue weighted by Crippen LogP contribution is 2.27. The van der Waals surface area contributed by atoms with E-state index < -0.39 is 175 Å². The van der Waals surface area contributed by atoms with Crippen molar-refractivity contribution in [1.29, 1.82) is 0 Å². The largest absolute Gasteiger partial charge is 0.481 e. The minimum atomic E-state index is -2.17. The molecule has 0 aliphatic rings. The summed E-state index contributed by atoms with van der Waals surface area (Å²) in [6.45, 7) is 7.87. The molecule has 106 heavy (non-hydrogen) atoms. The number of hydrogen-bond acceptors (Lipinski definition) is 17. The molecule has 0 unspecified atom stereocenters. The molecule has 11 amide bonds. The molecular formula is C75H93N13O18. The molecule has 0 fully saturated rings. The average Bonchev–Trinajstić information content (AvgIpc) is 0.934. The predicted octanol–water partition coefficient (Wildman–Crippen LogP) is 0.133. The molecular weight excluding hydrogens is 1370 g/mol. The van der Waals surface area contributed by atoms with Crippen LogP contribution in [0, 0.1) is 6.92 Å². The van der Waals surface area contributed by atoms with E-state index >= 15 is 0 Å². The second kappa shape index (κ2) is 39.3. The van der Waals surface area contributed by atoms with Gasteiger partial charge in [-0.25, -0.2) is 4.98 Å². The molecule has 0 aliphatic carbocycles. The van der Waals surface area contributed by atoms with Gasteiger partial charge in [-0.15, -0.1) is 0 Å². The lowest BCUT2D eigenvalue weighted by atomic mass is 9.90. The Hall–Kier alpha value is -11.7. The van der Waals surface area contributed by atoms with Crippen molar-refractivity contribution in [1.82, 2.24) is 63.1 Å². The van der Waals surface area contributed by atoms with Gasteiger partial charge in [-0.05, 0) is 111 Å². The highest BCUT2D eigenvalue weighted by atomic mass is 16.4. The number of aromatic nitrogens is 2. The van der Waals surface area contributed by atoms with Crippen LogP contribution in [0.5, 0.6) is 0 Å². The fraction of sp³-hybridized carbons (Fsp3) is 0.387. The van der Waals surface area contributed by atoms with Crippen LogP contribution in [0.2, 0.25) is 0 Å². The van der Waals surface area contributed by atoms with Crippen molar-refractivity contribution in [2.24, 2.45) is 5.73 Å². The molecule has 18 N–H and O–H groups in total. The normalized spacial score (nSPS) is 14.3. The fourth-order valence-electron chi connectivity index (χ4n) is 11.4. The third-order valence-electron chi connectivity index (χ3n) is 17.4. The van der Waals surface area contributed by atoms with Crippen LogP contribution in [0.15, 0.2) is 140 Å². The Balaban J connectivity index is 1.15. The van der Waals surface area contributed by atoms with Crippen LogP contribution in [0.25, 0.3) is 22.3 Å². The number of carbonyl (C=O) groups excluding carboxylic acids is 11. The SMILES string of the molecule is CCc1ccccc1-c1ccc(C[C@H](NC(=O)[C@H](CC(=O)O)NC(=O)[C@H](CO)NC(=O)[C@@H](NC(=O)[C@](C)(Cc2ccccc2)NC(=O)[C@@H](NC(=O)CNC(=O)[C@H](CCC(=O)O)NC(=O)C(C)(C)NC(=O)CCc2cnc[nH]2)[C@@H](C)O)[C@@H](C)O)C(=O)N[C@@H](Cc2ccc(-c3ccccc3C)cc2)C(N)=O)cc1. The molecule has 0 spiro atoms. The van der Waals surface area contributed by atoms with Gasteiger partial charge < -0.3 is 89.4 Å². The molecule has 6 aromatic rings. The van der Waals surface area contributed by atoms with Gasteiger partial charge >= 0.3 is 11.9 Å². The molecule has 0 radical (unpaired) electrons. The van der Waals surface area contributed by atoms with Gasteiger partial charge in [0.25, 0.3) is 0 Å². The minimum absolute atomic E-state index is 0.0460. The standard InChI is InChI=1S/C75H93N13O18/c1-8-48-19-13-15-21-53(48)50-28-24-46(25-29-50)35-56(67(100)80-55(65(76)98)34-45-22-26-49(27-23-45)52-20-14-12-16-42(52)2)81-68(101)57(36-62(96)97)82-69(102)58(40-89)83-70(103)63(43(3)90)86-73(106)75(7,37-47-17-10-9-11-18-47)88-71(104)64(44(4)91)85-60(93)39-78-66(99)54(31-33-61(94)95)84-72(105)74(5,6)87-59(92)32-30-51-38-77-41-79-51/h9-29,38,41,43-44,54-58,63-64,89-91H,8,30-37,39-40H2,1-7H3,(H2,76,98)(H,77,79)(H,78,99)(H,80,100)(H,81,101)(H,82,102)(H,83,103)(H,84,105)(H,85,93)(H,86,106)(H,87,92)(H,88,104)(H,94,95)(H,96,97)/t43-,44-,54+,55+,56+,57+,58+,63+,64+,75+/m1/s1. The average molecular weight is 1460 g/mol. The number of aryl methyl sites for hydroxylation is 3. The second-order valence-corrected chi connectivity index (χ2v) is 26.4. The number of hydrogen-bond donors (Lipinski definition) is 17. The molecule has 1 heterocycles. The number of primary amides is 1. The number of benzene rings is 5. The molecule has 5 aromatic carbocycles. The Morgan fingerprint density at radius 2 is 1.07 bits per heavy atom. The number of H-pyrrole nitrogens is 1. The molecule has 0 bridgehead atoms. The first-order valence-electron chi connectivity index (χ1n) is 34.3. The van der Waals surface area contributed by atoms with Gasteiger partial charge in [0.15, 0.2) is 0 Å². The number of carboxylic acid groups (broad SMARTS) is 2. The summed E-state index contributed by atoms with van der Waals surface area (Å²) in [7, 11) is 0. The predicted molar refractivity (Wildman–Crippen MR) is 386 cm³/mol. The van der Waals surface area contributed by atoms with Crippen molar-refractivity contribution in [2.75, 3.05) is 13.2 Å². The second-order valence-electron chi connectivity index (χ2n) is 26.4. The van der Waals surface area contributed by atoms with Crippen molar-refractivity contribution in [3.05, 3.63) is 173 Å². The van der Waals surface area contributed by atoms with E-state index in [1.165, 1.54) is 33.3 Å². The van der Waals surface area contributed by atoms with Gasteiger partial charge in [0.05, 0.1) is 38.1 Å². The van der Waals surface area contributed by atoms with Crippen molar-refractivity contribution < 1.29 is 87.9 Å². The number of amides is 11. The maximum atomic E-state index is 14.7. The number of aliphatic hydroxyl groups excluding tert-OH is 3. The molecule has 10 atom stereocenters. The van der Waals surface area contributed by atoms with E-state index in [2.05, 4.69) is 63.1 Å². The number of aliphatic carboxylic acids is 2. The number of aliphatic hydroxyl groups is 3. The van der Waals surface area contributed by atoms with E-state index in [4.69, 9.17) is 5.73 Å². The number of carboxylic acids is 2. The third kappa shape index (κ3) is 25.0. The van der Waals surface area contributed by atoms with Crippen LogP contribution in [0.3, 0.4) is 0 Å². The van der Waals surface area contributed by atoms with Gasteiger partial charge in [-0.3, -0.25) is 62.3 Å². The van der Waals surface area contributed by atoms with Gasteiger partial charge in [0.1, 0.15) is 53.4 Å². The lowest BCUT2D eigenvalue weighted by Gasteiger charge is -2.34. The van der Waals surface area contributed by atoms with E-state index in [1.54, 1.807) is 54.6 Å². The number of nitrogens with one attached hydrogen (secondary N) is 11. The number of rotatable bonds is 40. The maximum Gasteiger partial charge on any atom is 0.305 e. The first-order valence-corrected chi connectivity index (χ1v) is 34.3. The molecule has 0 saturated carbocycles. The zero-order valence-corrected chi connectivity index (χ0v) is 59.8. The van der Waals surface area contributed by atoms with Crippen LogP contribution in [-0.4, -0.2) is 191 Å². The molecule has 31 nitrogen and oxygen atoms in total. The quantitative estimate of drug-likeness (QED) is 0.0243. The van der Waals surface area contributed by atoms with Gasteiger partial charge in [0, 0.05) is 44.0 Å². The van der Waals surface area contributed by atoms with Crippen molar-refractivity contribution >= 4 is 76.9 Å². The topological polar surface area (TPSA) is 498 Å². The lowest BCUT2D eigenvalue weighted by Crippen LogP contribution is -2.67.